The Morgan fingerprint density at radius 3 is 2.84 bits per heavy atom. The van der Waals surface area contributed by atoms with Crippen LogP contribution >= 0.6 is 0 Å². The number of nitrogens with one attached hydrogen (secondary N) is 1. The lowest BCUT2D eigenvalue weighted by Gasteiger charge is -2.16. The Balaban J connectivity index is 1.52. The molecule has 1 amide bonds. The third kappa shape index (κ3) is 3.06. The van der Waals surface area contributed by atoms with Crippen molar-refractivity contribution < 1.29 is 9.59 Å². The van der Waals surface area contributed by atoms with E-state index in [0.717, 1.165) is 24.0 Å². The first-order valence-electron chi connectivity index (χ1n) is 8.12. The molecule has 25 heavy (non-hydrogen) atoms. The molecule has 6 heteroatoms. The summed E-state index contributed by atoms with van der Waals surface area (Å²) in [6, 6.07) is 8.99. The summed E-state index contributed by atoms with van der Waals surface area (Å²) in [5.41, 5.74) is 2.85. The summed E-state index contributed by atoms with van der Waals surface area (Å²) in [4.78, 5) is 32.7. The first-order valence-corrected chi connectivity index (χ1v) is 8.12. The fourth-order valence-corrected chi connectivity index (χ4v) is 2.98. The zero-order valence-electron chi connectivity index (χ0n) is 13.5. The van der Waals surface area contributed by atoms with Crippen LogP contribution in [0.4, 0.5) is 5.69 Å². The maximum atomic E-state index is 12.4. The van der Waals surface area contributed by atoms with Crippen LogP contribution in [0.5, 0.6) is 0 Å². The van der Waals surface area contributed by atoms with E-state index in [1.165, 1.54) is 6.20 Å². The molecule has 1 aliphatic carbocycles. The highest BCUT2D eigenvalue weighted by atomic mass is 16.1. The summed E-state index contributed by atoms with van der Waals surface area (Å²) < 4.78 is 1.76. The minimum Gasteiger partial charge on any atom is -0.322 e. The van der Waals surface area contributed by atoms with Gasteiger partial charge < -0.3 is 5.32 Å². The number of fused-ring (bicyclic) bond motifs is 1. The van der Waals surface area contributed by atoms with E-state index < -0.39 is 0 Å². The van der Waals surface area contributed by atoms with E-state index in [9.17, 15) is 9.59 Å². The Bertz CT molecular complexity index is 931. The quantitative estimate of drug-likeness (QED) is 0.800. The van der Waals surface area contributed by atoms with Gasteiger partial charge in [0.1, 0.15) is 12.1 Å². The Labute approximate surface area is 144 Å². The number of ketones is 1. The van der Waals surface area contributed by atoms with Crippen molar-refractivity contribution in [2.24, 2.45) is 0 Å². The predicted octanol–water partition coefficient (Wildman–Crippen LogP) is 3.04. The molecule has 3 aromatic rings. The number of hydrogen-bond donors (Lipinski definition) is 1. The molecule has 6 nitrogen and oxygen atoms in total. The Morgan fingerprint density at radius 2 is 2.08 bits per heavy atom. The summed E-state index contributed by atoms with van der Waals surface area (Å²) in [5.74, 6) is 0.574. The molecule has 0 unspecified atom stereocenters. The van der Waals surface area contributed by atoms with Gasteiger partial charge in [0.25, 0.3) is 5.91 Å². The molecule has 2 aromatic heterocycles. The normalized spacial score (nSPS) is 13.4. The topological polar surface area (TPSA) is 76.9 Å². The predicted molar refractivity (Wildman–Crippen MR) is 93.0 cm³/mol. The summed E-state index contributed by atoms with van der Waals surface area (Å²) >= 11 is 0. The molecule has 0 fully saturated rings. The number of carbonyl (C=O) groups excluding carboxylic acids is 2. The van der Waals surface area contributed by atoms with Crippen LogP contribution in [0.3, 0.4) is 0 Å². The number of nitrogens with zero attached hydrogens (tertiary/aromatic N) is 3. The number of anilines is 1. The van der Waals surface area contributed by atoms with Gasteiger partial charge in [0.05, 0.1) is 5.56 Å². The van der Waals surface area contributed by atoms with Crippen LogP contribution < -0.4 is 5.32 Å². The van der Waals surface area contributed by atoms with Crippen molar-refractivity contribution in [2.75, 3.05) is 5.32 Å². The third-order valence-electron chi connectivity index (χ3n) is 4.30. The molecule has 0 bridgehead atoms. The number of benzene rings is 1. The zero-order valence-corrected chi connectivity index (χ0v) is 13.5. The summed E-state index contributed by atoms with van der Waals surface area (Å²) in [5, 5.41) is 2.83. The van der Waals surface area contributed by atoms with Crippen LogP contribution in [-0.4, -0.2) is 26.2 Å². The Hall–Kier alpha value is -3.28. The van der Waals surface area contributed by atoms with Gasteiger partial charge in [0, 0.05) is 36.3 Å². The maximum absolute atomic E-state index is 12.4. The lowest BCUT2D eigenvalue weighted by Crippen LogP contribution is -2.15. The second kappa shape index (κ2) is 6.32. The highest BCUT2D eigenvalue weighted by molar-refractivity contribution is 6.05. The van der Waals surface area contributed by atoms with Gasteiger partial charge in [-0.15, -0.1) is 0 Å². The van der Waals surface area contributed by atoms with Crippen LogP contribution in [0.25, 0.3) is 5.82 Å². The summed E-state index contributed by atoms with van der Waals surface area (Å²) in [6.07, 6.45) is 9.00. The maximum Gasteiger partial charge on any atom is 0.257 e. The monoisotopic (exact) mass is 332 g/mol. The van der Waals surface area contributed by atoms with Crippen molar-refractivity contribution in [3.8, 4) is 5.82 Å². The Kier molecular flexibility index (Phi) is 3.85. The van der Waals surface area contributed by atoms with Crippen LogP contribution in [0, 0.1) is 0 Å². The van der Waals surface area contributed by atoms with Gasteiger partial charge in [-0.05, 0) is 42.7 Å². The van der Waals surface area contributed by atoms with Gasteiger partial charge in [-0.1, -0.05) is 6.07 Å². The molecule has 4 rings (SSSR count). The van der Waals surface area contributed by atoms with Crippen molar-refractivity contribution >= 4 is 17.4 Å². The van der Waals surface area contributed by atoms with Crippen molar-refractivity contribution in [3.63, 3.8) is 0 Å². The van der Waals surface area contributed by atoms with E-state index in [-0.39, 0.29) is 11.7 Å². The van der Waals surface area contributed by atoms with Gasteiger partial charge in [0.2, 0.25) is 0 Å². The molecule has 1 aromatic carbocycles. The molecule has 124 valence electrons. The van der Waals surface area contributed by atoms with E-state index in [2.05, 4.69) is 15.3 Å². The van der Waals surface area contributed by atoms with Crippen molar-refractivity contribution in [3.05, 3.63) is 71.9 Å². The first-order chi connectivity index (χ1) is 12.2. The smallest absolute Gasteiger partial charge is 0.257 e. The van der Waals surface area contributed by atoms with Gasteiger partial charge in [0.15, 0.2) is 5.78 Å². The molecule has 0 atom stereocenters. The lowest BCUT2D eigenvalue weighted by molar-refractivity contribution is 0.0970. The minimum absolute atomic E-state index is 0.142. The SMILES string of the molecule is O=C(Nc1ccc2c(c1)C(=O)CCC2)c1ccc(-n2ccnc2)nc1. The molecule has 0 saturated carbocycles. The average Bonchev–Trinajstić information content (AvgIpc) is 3.17. The number of imidazole rings is 1. The van der Waals surface area contributed by atoms with Gasteiger partial charge in [-0.25, -0.2) is 9.97 Å². The molecular formula is C19H16N4O2. The summed E-state index contributed by atoms with van der Waals surface area (Å²) in [7, 11) is 0. The number of pyridine rings is 1. The van der Waals surface area contributed by atoms with Gasteiger partial charge >= 0.3 is 0 Å². The molecule has 0 saturated heterocycles. The number of carbonyl (C=O) groups is 2. The van der Waals surface area contributed by atoms with E-state index in [0.29, 0.717) is 23.5 Å². The highest BCUT2D eigenvalue weighted by Gasteiger charge is 2.18. The van der Waals surface area contributed by atoms with Crippen LogP contribution in [-0.2, 0) is 6.42 Å². The molecule has 0 aliphatic heterocycles. The zero-order chi connectivity index (χ0) is 17.2. The minimum atomic E-state index is -0.257. The van der Waals surface area contributed by atoms with E-state index >= 15 is 0 Å². The largest absolute Gasteiger partial charge is 0.322 e. The fourth-order valence-electron chi connectivity index (χ4n) is 2.98. The van der Waals surface area contributed by atoms with Crippen molar-refractivity contribution in [2.45, 2.75) is 19.3 Å². The van der Waals surface area contributed by atoms with Crippen LogP contribution in [0.1, 0.15) is 39.1 Å². The fraction of sp³-hybridized carbons (Fsp3) is 0.158. The number of Topliss-reactive ketones (excluding diaryl/α,β-unsaturated/α-hetero) is 1. The molecular weight excluding hydrogens is 316 g/mol. The first kappa shape index (κ1) is 15.3. The summed E-state index contributed by atoms with van der Waals surface area (Å²) in [6.45, 7) is 0. The highest BCUT2D eigenvalue weighted by Crippen LogP contribution is 2.24. The van der Waals surface area contributed by atoms with Gasteiger partial charge in [-0.3, -0.25) is 14.2 Å². The van der Waals surface area contributed by atoms with Gasteiger partial charge in [-0.2, -0.15) is 0 Å². The average molecular weight is 332 g/mol. The number of rotatable bonds is 3. The second-order valence-corrected chi connectivity index (χ2v) is 5.98. The third-order valence-corrected chi connectivity index (χ3v) is 4.30. The van der Waals surface area contributed by atoms with Crippen molar-refractivity contribution in [1.29, 1.82) is 0 Å². The molecule has 0 spiro atoms. The van der Waals surface area contributed by atoms with E-state index in [1.807, 2.05) is 12.1 Å². The van der Waals surface area contributed by atoms with Crippen LogP contribution in [0.15, 0.2) is 55.2 Å². The molecule has 0 radical (unpaired) electrons. The lowest BCUT2D eigenvalue weighted by atomic mass is 9.90. The second-order valence-electron chi connectivity index (χ2n) is 5.98. The molecule has 2 heterocycles. The molecule has 1 aliphatic rings. The number of aryl methyl sites for hydroxylation is 1. The number of amides is 1. The van der Waals surface area contributed by atoms with Crippen LogP contribution in [0.2, 0.25) is 0 Å². The van der Waals surface area contributed by atoms with E-state index in [1.54, 1.807) is 41.5 Å². The number of hydrogen-bond acceptors (Lipinski definition) is 4. The van der Waals surface area contributed by atoms with E-state index in [4.69, 9.17) is 0 Å². The Morgan fingerprint density at radius 1 is 1.16 bits per heavy atom. The standard InChI is InChI=1S/C19H16N4O2/c24-17-3-1-2-13-4-6-15(10-16(13)17)22-19(25)14-5-7-18(21-11-14)23-9-8-20-12-23/h4-12H,1-3H2,(H,22,25). The van der Waals surface area contributed by atoms with Crippen molar-refractivity contribution in [1.82, 2.24) is 14.5 Å². The number of aromatic nitrogens is 3. The molecule has 1 N–H and O–H groups in total.